The number of aliphatic imine (C=N–C) groups is 1. The average Bonchev–Trinajstić information content (AvgIpc) is 3.01. The molecule has 3 aromatic carbocycles. The first-order valence-corrected chi connectivity index (χ1v) is 11.4. The topological polar surface area (TPSA) is 83.0 Å². The number of para-hydroxylation sites is 1. The largest absolute Gasteiger partial charge is 0.379 e. The van der Waals surface area contributed by atoms with Gasteiger partial charge in [0.25, 0.3) is 11.8 Å². The van der Waals surface area contributed by atoms with E-state index in [1.807, 2.05) is 72.8 Å². The number of anilines is 1. The molecule has 3 aromatic rings. The summed E-state index contributed by atoms with van der Waals surface area (Å²) in [5, 5.41) is 5.77. The van der Waals surface area contributed by atoms with E-state index in [0.29, 0.717) is 36.7 Å². The fourth-order valence-electron chi connectivity index (χ4n) is 4.26. The van der Waals surface area contributed by atoms with Gasteiger partial charge in [-0.15, -0.1) is 0 Å². The van der Waals surface area contributed by atoms with Crippen molar-refractivity contribution in [1.29, 1.82) is 0 Å². The molecular formula is C27H26N4O3. The molecule has 7 nitrogen and oxygen atoms in total. The normalized spacial score (nSPS) is 18.3. The van der Waals surface area contributed by atoms with Crippen molar-refractivity contribution in [2.75, 3.05) is 31.6 Å². The van der Waals surface area contributed by atoms with Crippen LogP contribution in [-0.4, -0.2) is 54.9 Å². The Balaban J connectivity index is 1.44. The number of amides is 2. The standard InChI is InChI=1S/C27H26N4O3/c32-26(21-11-5-4-10-20(21)18-31-14-16-34-17-15-31)30-25-27(33)28-23-13-7-6-12-22(23)24(29-25)19-8-2-1-3-9-19/h1-13,25H,14-18H2,(H,28,33)(H,30,32)/t25-/m0/s1. The van der Waals surface area contributed by atoms with Crippen LogP contribution in [0.2, 0.25) is 0 Å². The minimum atomic E-state index is -1.06. The number of benzene rings is 3. The Morgan fingerprint density at radius 3 is 2.50 bits per heavy atom. The molecule has 0 aliphatic carbocycles. The van der Waals surface area contributed by atoms with Gasteiger partial charge in [0, 0.05) is 36.3 Å². The quantitative estimate of drug-likeness (QED) is 0.621. The first-order valence-electron chi connectivity index (χ1n) is 11.4. The summed E-state index contributed by atoms with van der Waals surface area (Å²) in [5.74, 6) is -0.705. The number of carbonyl (C=O) groups is 2. The number of nitrogens with zero attached hydrogens (tertiary/aromatic N) is 2. The Kier molecular flexibility index (Phi) is 6.46. The maximum Gasteiger partial charge on any atom is 0.269 e. The Morgan fingerprint density at radius 2 is 1.68 bits per heavy atom. The molecule has 34 heavy (non-hydrogen) atoms. The number of rotatable bonds is 5. The van der Waals surface area contributed by atoms with Crippen molar-refractivity contribution in [1.82, 2.24) is 10.2 Å². The van der Waals surface area contributed by atoms with Crippen LogP contribution in [0.4, 0.5) is 5.69 Å². The molecule has 5 rings (SSSR count). The molecule has 2 heterocycles. The van der Waals surface area contributed by atoms with Crippen molar-refractivity contribution in [3.63, 3.8) is 0 Å². The van der Waals surface area contributed by atoms with Gasteiger partial charge in [0.15, 0.2) is 0 Å². The molecule has 0 radical (unpaired) electrons. The van der Waals surface area contributed by atoms with Crippen LogP contribution in [-0.2, 0) is 16.1 Å². The van der Waals surface area contributed by atoms with Crippen LogP contribution in [0.25, 0.3) is 0 Å². The van der Waals surface area contributed by atoms with Gasteiger partial charge in [-0.25, -0.2) is 4.99 Å². The number of nitrogens with one attached hydrogen (secondary N) is 2. The van der Waals surface area contributed by atoms with Crippen molar-refractivity contribution in [3.8, 4) is 0 Å². The van der Waals surface area contributed by atoms with E-state index in [2.05, 4.69) is 15.5 Å². The number of fused-ring (bicyclic) bond motifs is 1. The van der Waals surface area contributed by atoms with Gasteiger partial charge in [-0.1, -0.05) is 66.7 Å². The fraction of sp³-hybridized carbons (Fsp3) is 0.222. The zero-order chi connectivity index (χ0) is 23.3. The summed E-state index contributed by atoms with van der Waals surface area (Å²) in [7, 11) is 0. The lowest BCUT2D eigenvalue weighted by Crippen LogP contribution is -2.43. The third-order valence-corrected chi connectivity index (χ3v) is 6.02. The number of morpholine rings is 1. The molecule has 0 bridgehead atoms. The molecule has 0 unspecified atom stereocenters. The van der Waals surface area contributed by atoms with Gasteiger partial charge >= 0.3 is 0 Å². The lowest BCUT2D eigenvalue weighted by Gasteiger charge is -2.27. The average molecular weight is 455 g/mol. The third kappa shape index (κ3) is 4.76. The molecule has 172 valence electrons. The summed E-state index contributed by atoms with van der Waals surface area (Å²) in [5.41, 5.74) is 4.46. The molecule has 1 fully saturated rings. The molecule has 0 saturated carbocycles. The summed E-state index contributed by atoms with van der Waals surface area (Å²) in [6.45, 7) is 3.67. The van der Waals surface area contributed by atoms with E-state index < -0.39 is 6.17 Å². The van der Waals surface area contributed by atoms with Crippen LogP contribution < -0.4 is 10.6 Å². The molecule has 2 amide bonds. The molecule has 1 atom stereocenters. The Bertz CT molecular complexity index is 1220. The van der Waals surface area contributed by atoms with E-state index in [1.54, 1.807) is 6.07 Å². The maximum atomic E-state index is 13.3. The van der Waals surface area contributed by atoms with Gasteiger partial charge in [-0.05, 0) is 17.7 Å². The van der Waals surface area contributed by atoms with Gasteiger partial charge < -0.3 is 15.4 Å². The van der Waals surface area contributed by atoms with Crippen molar-refractivity contribution in [2.24, 2.45) is 4.99 Å². The first kappa shape index (κ1) is 22.0. The molecular weight excluding hydrogens is 428 g/mol. The van der Waals surface area contributed by atoms with Gasteiger partial charge in [-0.3, -0.25) is 14.5 Å². The zero-order valence-electron chi connectivity index (χ0n) is 18.7. The van der Waals surface area contributed by atoms with Crippen molar-refractivity contribution < 1.29 is 14.3 Å². The summed E-state index contributed by atoms with van der Waals surface area (Å²) < 4.78 is 5.43. The summed E-state index contributed by atoms with van der Waals surface area (Å²) in [6.07, 6.45) is -1.06. The molecule has 1 saturated heterocycles. The lowest BCUT2D eigenvalue weighted by atomic mass is 10.0. The summed E-state index contributed by atoms with van der Waals surface area (Å²) in [6, 6.07) is 24.7. The highest BCUT2D eigenvalue weighted by molar-refractivity contribution is 6.20. The SMILES string of the molecule is O=C(N[C@@H]1N=C(c2ccccc2)c2ccccc2NC1=O)c1ccccc1CN1CCOCC1. The number of carbonyl (C=O) groups excluding carboxylic acids is 2. The van der Waals surface area contributed by atoms with Crippen LogP contribution >= 0.6 is 0 Å². The van der Waals surface area contributed by atoms with E-state index in [0.717, 1.165) is 29.8 Å². The highest BCUT2D eigenvalue weighted by atomic mass is 16.5. The van der Waals surface area contributed by atoms with E-state index in [9.17, 15) is 9.59 Å². The maximum absolute atomic E-state index is 13.3. The molecule has 2 N–H and O–H groups in total. The molecule has 0 aromatic heterocycles. The Morgan fingerprint density at radius 1 is 0.971 bits per heavy atom. The van der Waals surface area contributed by atoms with Crippen LogP contribution in [0.3, 0.4) is 0 Å². The second kappa shape index (κ2) is 9.99. The molecule has 0 spiro atoms. The van der Waals surface area contributed by atoms with Crippen LogP contribution in [0.1, 0.15) is 27.0 Å². The summed E-state index contributed by atoms with van der Waals surface area (Å²) in [4.78, 5) is 33.4. The van der Waals surface area contributed by atoms with Gasteiger partial charge in [-0.2, -0.15) is 0 Å². The summed E-state index contributed by atoms with van der Waals surface area (Å²) >= 11 is 0. The smallest absolute Gasteiger partial charge is 0.269 e. The minimum Gasteiger partial charge on any atom is -0.379 e. The highest BCUT2D eigenvalue weighted by Crippen LogP contribution is 2.24. The Hall–Kier alpha value is -3.81. The van der Waals surface area contributed by atoms with Crippen molar-refractivity contribution >= 4 is 23.2 Å². The predicted molar refractivity (Wildman–Crippen MR) is 131 cm³/mol. The predicted octanol–water partition coefficient (Wildman–Crippen LogP) is 3.06. The van der Waals surface area contributed by atoms with Crippen molar-refractivity contribution in [2.45, 2.75) is 12.7 Å². The molecule has 2 aliphatic heterocycles. The van der Waals surface area contributed by atoms with Crippen LogP contribution in [0.15, 0.2) is 83.9 Å². The van der Waals surface area contributed by atoms with Gasteiger partial charge in [0.1, 0.15) is 0 Å². The van der Waals surface area contributed by atoms with E-state index >= 15 is 0 Å². The molecule has 7 heteroatoms. The lowest BCUT2D eigenvalue weighted by molar-refractivity contribution is -0.117. The zero-order valence-corrected chi connectivity index (χ0v) is 18.7. The second-order valence-corrected chi connectivity index (χ2v) is 8.30. The van der Waals surface area contributed by atoms with E-state index in [4.69, 9.17) is 9.73 Å². The Labute approximate surface area is 198 Å². The minimum absolute atomic E-state index is 0.328. The molecule has 2 aliphatic rings. The van der Waals surface area contributed by atoms with Gasteiger partial charge in [0.05, 0.1) is 24.6 Å². The second-order valence-electron chi connectivity index (χ2n) is 8.30. The number of ether oxygens (including phenoxy) is 1. The monoisotopic (exact) mass is 454 g/mol. The van der Waals surface area contributed by atoms with Crippen molar-refractivity contribution in [3.05, 3.63) is 101 Å². The number of benzodiazepines with no additional fused rings is 1. The number of hydrogen-bond acceptors (Lipinski definition) is 5. The fourth-order valence-corrected chi connectivity index (χ4v) is 4.26. The van der Waals surface area contributed by atoms with Crippen LogP contribution in [0, 0.1) is 0 Å². The van der Waals surface area contributed by atoms with Crippen LogP contribution in [0.5, 0.6) is 0 Å². The van der Waals surface area contributed by atoms with Gasteiger partial charge in [0.2, 0.25) is 6.17 Å². The van der Waals surface area contributed by atoms with E-state index in [-0.39, 0.29) is 11.8 Å². The third-order valence-electron chi connectivity index (χ3n) is 6.02. The first-order chi connectivity index (χ1) is 16.7. The van der Waals surface area contributed by atoms with E-state index in [1.165, 1.54) is 0 Å². The number of hydrogen-bond donors (Lipinski definition) is 2. The highest BCUT2D eigenvalue weighted by Gasteiger charge is 2.28.